The first-order valence-corrected chi connectivity index (χ1v) is 8.55. The van der Waals surface area contributed by atoms with Crippen LogP contribution in [0.2, 0.25) is 0 Å². The highest BCUT2D eigenvalue weighted by Gasteiger charge is 2.24. The van der Waals surface area contributed by atoms with E-state index in [4.69, 9.17) is 0 Å². The van der Waals surface area contributed by atoms with E-state index in [1.165, 1.54) is 38.2 Å². The molecule has 1 atom stereocenters. The molecule has 1 aliphatic rings. The van der Waals surface area contributed by atoms with Crippen molar-refractivity contribution in [2.45, 2.75) is 31.7 Å². The fourth-order valence-corrected chi connectivity index (χ4v) is 2.91. The molecular weight excluding hydrogens is 337 g/mol. The molecule has 6 nitrogen and oxygen atoms in total. The maximum Gasteiger partial charge on any atom is 0.452 e. The lowest BCUT2D eigenvalue weighted by Gasteiger charge is -2.20. The second kappa shape index (κ2) is 8.03. The monoisotopic (exact) mass is 357 g/mol. The van der Waals surface area contributed by atoms with Crippen molar-refractivity contribution in [2.75, 3.05) is 7.11 Å². The minimum Gasteiger partial charge on any atom is -0.450 e. The molecule has 1 aliphatic carbocycles. The number of methoxy groups -OCH3 is 1. The summed E-state index contributed by atoms with van der Waals surface area (Å²) in [7, 11) is 1.17. The maximum absolute atomic E-state index is 14.0. The Labute approximate surface area is 150 Å². The van der Waals surface area contributed by atoms with Gasteiger partial charge in [-0.25, -0.2) is 9.18 Å². The van der Waals surface area contributed by atoms with Gasteiger partial charge in [-0.05, 0) is 42.5 Å². The first-order valence-electron chi connectivity index (χ1n) is 8.55. The number of amides is 1. The number of carbonyl (C=O) groups is 1. The van der Waals surface area contributed by atoms with Crippen LogP contribution in [0.5, 0.6) is 0 Å². The molecular formula is C19H20FN3O3. The summed E-state index contributed by atoms with van der Waals surface area (Å²) < 4.78 is 20.0. The lowest BCUT2D eigenvalue weighted by atomic mass is 9.99. The standard InChI is InChI=1S/C19H20FN3O3/c1-26-19(25)22-21-16-12-14(8-9-15(16)20)17(10-7-13-5-6-13)23-11-3-2-4-18(23)24/h2-4,8-9,11-13,17H,5-7,10H2,1H3. The number of azo groups is 1. The molecule has 0 radical (unpaired) electrons. The molecule has 136 valence electrons. The van der Waals surface area contributed by atoms with Gasteiger partial charge in [0.25, 0.3) is 5.56 Å². The molecule has 0 N–H and O–H groups in total. The van der Waals surface area contributed by atoms with E-state index < -0.39 is 11.9 Å². The number of benzene rings is 1. The molecule has 1 aromatic heterocycles. The van der Waals surface area contributed by atoms with E-state index in [9.17, 15) is 14.0 Å². The number of pyridine rings is 1. The lowest BCUT2D eigenvalue weighted by Crippen LogP contribution is -2.24. The highest BCUT2D eigenvalue weighted by molar-refractivity contribution is 5.67. The molecule has 7 heteroatoms. The number of carbonyl (C=O) groups excluding carboxylic acids is 1. The third-order valence-electron chi connectivity index (χ3n) is 4.50. The fourth-order valence-electron chi connectivity index (χ4n) is 2.91. The van der Waals surface area contributed by atoms with Crippen LogP contribution in [-0.4, -0.2) is 17.8 Å². The summed E-state index contributed by atoms with van der Waals surface area (Å²) in [5, 5.41) is 6.94. The molecule has 1 amide bonds. The predicted octanol–water partition coefficient (Wildman–Crippen LogP) is 4.62. The number of rotatable bonds is 6. The van der Waals surface area contributed by atoms with Crippen LogP contribution < -0.4 is 5.56 Å². The Morgan fingerprint density at radius 2 is 2.15 bits per heavy atom. The van der Waals surface area contributed by atoms with E-state index in [1.54, 1.807) is 29.0 Å². The third-order valence-corrected chi connectivity index (χ3v) is 4.50. The highest BCUT2D eigenvalue weighted by atomic mass is 19.1. The Balaban J connectivity index is 1.95. The average Bonchev–Trinajstić information content (AvgIpc) is 3.47. The van der Waals surface area contributed by atoms with Gasteiger partial charge in [0.1, 0.15) is 5.69 Å². The topological polar surface area (TPSA) is 73.0 Å². The summed E-state index contributed by atoms with van der Waals surface area (Å²) in [6.07, 6.45) is 5.05. The van der Waals surface area contributed by atoms with Gasteiger partial charge in [0.2, 0.25) is 0 Å². The Bertz CT molecular complexity index is 874. The van der Waals surface area contributed by atoms with Crippen LogP contribution in [0.4, 0.5) is 14.9 Å². The molecule has 26 heavy (non-hydrogen) atoms. The zero-order valence-electron chi connectivity index (χ0n) is 14.5. The maximum atomic E-state index is 14.0. The van der Waals surface area contributed by atoms with Crippen molar-refractivity contribution in [1.29, 1.82) is 0 Å². The number of hydrogen-bond acceptors (Lipinski definition) is 4. The number of halogens is 1. The molecule has 1 heterocycles. The van der Waals surface area contributed by atoms with Gasteiger partial charge in [-0.3, -0.25) is 4.79 Å². The Morgan fingerprint density at radius 1 is 1.35 bits per heavy atom. The number of aromatic nitrogens is 1. The average molecular weight is 357 g/mol. The smallest absolute Gasteiger partial charge is 0.450 e. The van der Waals surface area contributed by atoms with Gasteiger partial charge in [-0.1, -0.05) is 30.1 Å². The second-order valence-electron chi connectivity index (χ2n) is 6.36. The molecule has 1 unspecified atom stereocenters. The van der Waals surface area contributed by atoms with Crippen molar-refractivity contribution in [1.82, 2.24) is 4.57 Å². The molecule has 0 saturated heterocycles. The van der Waals surface area contributed by atoms with E-state index in [1.807, 2.05) is 0 Å². The van der Waals surface area contributed by atoms with Crippen LogP contribution in [0.25, 0.3) is 0 Å². The SMILES string of the molecule is COC(=O)N=Nc1cc(C(CCC2CC2)n2ccccc2=O)ccc1F. The van der Waals surface area contributed by atoms with E-state index in [0.717, 1.165) is 18.4 Å². The fraction of sp³-hybridized carbons (Fsp3) is 0.368. The number of hydrogen-bond donors (Lipinski definition) is 0. The highest BCUT2D eigenvalue weighted by Crippen LogP contribution is 2.37. The van der Waals surface area contributed by atoms with Crippen molar-refractivity contribution in [2.24, 2.45) is 16.1 Å². The van der Waals surface area contributed by atoms with Crippen molar-refractivity contribution in [3.63, 3.8) is 0 Å². The summed E-state index contributed by atoms with van der Waals surface area (Å²) in [6, 6.07) is 9.22. The summed E-state index contributed by atoms with van der Waals surface area (Å²) in [4.78, 5) is 23.4. The Kier molecular flexibility index (Phi) is 5.55. The van der Waals surface area contributed by atoms with E-state index in [2.05, 4.69) is 15.0 Å². The van der Waals surface area contributed by atoms with Gasteiger partial charge in [0, 0.05) is 12.3 Å². The summed E-state index contributed by atoms with van der Waals surface area (Å²) >= 11 is 0. The predicted molar refractivity (Wildman–Crippen MR) is 94.1 cm³/mol. The Hall–Kier alpha value is -2.83. The minimum absolute atomic E-state index is 0.0618. The number of nitrogens with zero attached hydrogens (tertiary/aromatic N) is 3. The molecule has 0 aliphatic heterocycles. The lowest BCUT2D eigenvalue weighted by molar-refractivity contribution is 0.181. The van der Waals surface area contributed by atoms with Crippen LogP contribution in [0.3, 0.4) is 0 Å². The minimum atomic E-state index is -0.903. The van der Waals surface area contributed by atoms with Crippen LogP contribution in [0.1, 0.15) is 37.3 Å². The van der Waals surface area contributed by atoms with Gasteiger partial charge < -0.3 is 9.30 Å². The van der Waals surface area contributed by atoms with Crippen LogP contribution in [0.15, 0.2) is 57.6 Å². The van der Waals surface area contributed by atoms with Crippen LogP contribution in [-0.2, 0) is 4.74 Å². The van der Waals surface area contributed by atoms with Crippen molar-refractivity contribution < 1.29 is 13.9 Å². The number of ether oxygens (including phenoxy) is 1. The van der Waals surface area contributed by atoms with Crippen LogP contribution >= 0.6 is 0 Å². The quantitative estimate of drug-likeness (QED) is 0.708. The van der Waals surface area contributed by atoms with E-state index in [-0.39, 0.29) is 17.3 Å². The third kappa shape index (κ3) is 4.41. The molecule has 2 aromatic rings. The first-order chi connectivity index (χ1) is 12.6. The summed E-state index contributed by atoms with van der Waals surface area (Å²) in [5.74, 6) is 0.110. The first kappa shape index (κ1) is 18.0. The summed E-state index contributed by atoms with van der Waals surface area (Å²) in [5.41, 5.74) is 0.572. The zero-order valence-corrected chi connectivity index (χ0v) is 14.5. The molecule has 1 aromatic carbocycles. The van der Waals surface area contributed by atoms with Gasteiger partial charge in [-0.2, -0.15) is 0 Å². The van der Waals surface area contributed by atoms with Crippen molar-refractivity contribution in [3.8, 4) is 0 Å². The normalized spacial score (nSPS) is 15.2. The molecule has 1 saturated carbocycles. The van der Waals surface area contributed by atoms with Gasteiger partial charge in [-0.15, -0.1) is 5.11 Å². The molecule has 0 spiro atoms. The van der Waals surface area contributed by atoms with Crippen LogP contribution in [0, 0.1) is 11.7 Å². The van der Waals surface area contributed by atoms with Crippen molar-refractivity contribution in [3.05, 3.63) is 64.3 Å². The van der Waals surface area contributed by atoms with Crippen molar-refractivity contribution >= 4 is 11.8 Å². The second-order valence-corrected chi connectivity index (χ2v) is 6.36. The molecule has 0 bridgehead atoms. The van der Waals surface area contributed by atoms with Gasteiger partial charge >= 0.3 is 6.09 Å². The zero-order chi connectivity index (χ0) is 18.5. The summed E-state index contributed by atoms with van der Waals surface area (Å²) in [6.45, 7) is 0. The van der Waals surface area contributed by atoms with Gasteiger partial charge in [0.05, 0.1) is 13.2 Å². The van der Waals surface area contributed by atoms with Gasteiger partial charge in [0.15, 0.2) is 5.82 Å². The molecule has 1 fully saturated rings. The van der Waals surface area contributed by atoms with E-state index in [0.29, 0.717) is 5.92 Å². The largest absolute Gasteiger partial charge is 0.452 e. The Morgan fingerprint density at radius 3 is 2.85 bits per heavy atom. The molecule has 3 rings (SSSR count). The van der Waals surface area contributed by atoms with E-state index >= 15 is 0 Å².